The third kappa shape index (κ3) is 4.89. The van der Waals surface area contributed by atoms with E-state index in [0.717, 1.165) is 0 Å². The van der Waals surface area contributed by atoms with Gasteiger partial charge in [-0.2, -0.15) is 0 Å². The molecule has 5 nitrogen and oxygen atoms in total. The molecule has 18 heavy (non-hydrogen) atoms. The molecule has 2 N–H and O–H groups in total. The van der Waals surface area contributed by atoms with Crippen molar-refractivity contribution in [2.75, 3.05) is 25.5 Å². The fourth-order valence-corrected chi connectivity index (χ4v) is 1.53. The van der Waals surface area contributed by atoms with Gasteiger partial charge in [0, 0.05) is 19.2 Å². The number of hydrogen-bond donors (Lipinski definition) is 2. The molecular formula is C12H18ClN3O2. The van der Waals surface area contributed by atoms with Crippen LogP contribution in [0.1, 0.15) is 24.2 Å². The van der Waals surface area contributed by atoms with Crippen LogP contribution in [0.25, 0.3) is 0 Å². The topological polar surface area (TPSA) is 63.2 Å². The predicted octanol–water partition coefficient (Wildman–Crippen LogP) is 1.93. The number of aromatic nitrogens is 1. The Bertz CT molecular complexity index is 410. The molecule has 0 radical (unpaired) electrons. The minimum atomic E-state index is -0.192. The number of carbonyl (C=O) groups excluding carboxylic acids is 1. The number of carbonyl (C=O) groups is 1. The van der Waals surface area contributed by atoms with Crippen molar-refractivity contribution in [1.82, 2.24) is 10.3 Å². The standard InChI is InChI=1S/C12H18ClN3O2/c1-8(2)18-5-4-15-12(17)9-6-10(13)16-11(7-9)14-3/h6-8H,4-5H2,1-3H3,(H,14,16)(H,15,17). The number of amides is 1. The Morgan fingerprint density at radius 3 is 2.83 bits per heavy atom. The van der Waals surface area contributed by atoms with Crippen LogP contribution >= 0.6 is 11.6 Å². The maximum Gasteiger partial charge on any atom is 0.251 e. The lowest BCUT2D eigenvalue weighted by molar-refractivity contribution is 0.0746. The SMILES string of the molecule is CNc1cc(C(=O)NCCOC(C)C)cc(Cl)n1. The minimum absolute atomic E-state index is 0.160. The van der Waals surface area contributed by atoms with Crippen LogP contribution < -0.4 is 10.6 Å². The van der Waals surface area contributed by atoms with E-state index in [-0.39, 0.29) is 17.2 Å². The molecular weight excluding hydrogens is 254 g/mol. The molecule has 1 aromatic heterocycles. The summed E-state index contributed by atoms with van der Waals surface area (Å²) in [6.07, 6.45) is 0.160. The Balaban J connectivity index is 2.53. The molecule has 0 bridgehead atoms. The number of nitrogens with one attached hydrogen (secondary N) is 2. The van der Waals surface area contributed by atoms with E-state index in [1.54, 1.807) is 13.1 Å². The first-order chi connectivity index (χ1) is 8.52. The van der Waals surface area contributed by atoms with Gasteiger partial charge in [-0.3, -0.25) is 4.79 Å². The van der Waals surface area contributed by atoms with Crippen LogP contribution in [0.5, 0.6) is 0 Å². The van der Waals surface area contributed by atoms with Crippen molar-refractivity contribution in [3.8, 4) is 0 Å². The fraction of sp³-hybridized carbons (Fsp3) is 0.500. The van der Waals surface area contributed by atoms with Crippen molar-refractivity contribution < 1.29 is 9.53 Å². The van der Waals surface area contributed by atoms with Gasteiger partial charge in [0.05, 0.1) is 12.7 Å². The molecule has 0 unspecified atom stereocenters. The maximum absolute atomic E-state index is 11.8. The number of ether oxygens (including phenoxy) is 1. The minimum Gasteiger partial charge on any atom is -0.377 e. The summed E-state index contributed by atoms with van der Waals surface area (Å²) in [6.45, 7) is 4.85. The highest BCUT2D eigenvalue weighted by Gasteiger charge is 2.08. The highest BCUT2D eigenvalue weighted by atomic mass is 35.5. The molecule has 0 aliphatic heterocycles. The molecule has 0 spiro atoms. The summed E-state index contributed by atoms with van der Waals surface area (Å²) in [4.78, 5) is 15.8. The lowest BCUT2D eigenvalue weighted by atomic mass is 10.2. The van der Waals surface area contributed by atoms with Gasteiger partial charge < -0.3 is 15.4 Å². The summed E-state index contributed by atoms with van der Waals surface area (Å²) in [5.41, 5.74) is 0.476. The molecule has 0 aliphatic carbocycles. The highest BCUT2D eigenvalue weighted by Crippen LogP contribution is 2.13. The molecule has 1 rings (SSSR count). The molecule has 6 heteroatoms. The third-order valence-electron chi connectivity index (χ3n) is 2.15. The molecule has 1 aromatic rings. The Labute approximate surface area is 112 Å². The normalized spacial score (nSPS) is 10.5. The Hall–Kier alpha value is -1.33. The van der Waals surface area contributed by atoms with Crippen LogP contribution in [0.2, 0.25) is 5.15 Å². The molecule has 0 atom stereocenters. The number of halogens is 1. The summed E-state index contributed by atoms with van der Waals surface area (Å²) in [5, 5.41) is 5.88. The van der Waals surface area contributed by atoms with Crippen molar-refractivity contribution in [2.45, 2.75) is 20.0 Å². The lowest BCUT2D eigenvalue weighted by Gasteiger charge is -2.09. The second-order valence-corrected chi connectivity index (χ2v) is 4.38. The summed E-state index contributed by atoms with van der Waals surface area (Å²) < 4.78 is 5.33. The van der Waals surface area contributed by atoms with Gasteiger partial charge >= 0.3 is 0 Å². The number of rotatable bonds is 6. The van der Waals surface area contributed by atoms with Gasteiger partial charge in [0.2, 0.25) is 0 Å². The van der Waals surface area contributed by atoms with E-state index in [4.69, 9.17) is 16.3 Å². The van der Waals surface area contributed by atoms with Gasteiger partial charge in [0.15, 0.2) is 0 Å². The van der Waals surface area contributed by atoms with E-state index in [1.165, 1.54) is 6.07 Å². The van der Waals surface area contributed by atoms with Gasteiger partial charge in [-0.25, -0.2) is 4.98 Å². The van der Waals surface area contributed by atoms with Crippen LogP contribution in [0.4, 0.5) is 5.82 Å². The van der Waals surface area contributed by atoms with Crippen molar-refractivity contribution in [3.05, 3.63) is 22.8 Å². The Morgan fingerprint density at radius 2 is 2.22 bits per heavy atom. The van der Waals surface area contributed by atoms with E-state index in [2.05, 4.69) is 15.6 Å². The average Bonchev–Trinajstić information content (AvgIpc) is 2.33. The second kappa shape index (κ2) is 7.18. The zero-order chi connectivity index (χ0) is 13.5. The van der Waals surface area contributed by atoms with Crippen molar-refractivity contribution in [3.63, 3.8) is 0 Å². The molecule has 0 aliphatic rings. The zero-order valence-corrected chi connectivity index (χ0v) is 11.5. The third-order valence-corrected chi connectivity index (χ3v) is 2.34. The quantitative estimate of drug-likeness (QED) is 0.613. The smallest absolute Gasteiger partial charge is 0.251 e. The van der Waals surface area contributed by atoms with Gasteiger partial charge in [-0.05, 0) is 26.0 Å². The summed E-state index contributed by atoms with van der Waals surface area (Å²) in [7, 11) is 1.72. The van der Waals surface area contributed by atoms with Gasteiger partial charge in [0.25, 0.3) is 5.91 Å². The van der Waals surface area contributed by atoms with E-state index in [1.807, 2.05) is 13.8 Å². The molecule has 0 fully saturated rings. The molecule has 1 heterocycles. The first-order valence-corrected chi connectivity index (χ1v) is 6.16. The largest absolute Gasteiger partial charge is 0.377 e. The van der Waals surface area contributed by atoms with Crippen LogP contribution in [0.15, 0.2) is 12.1 Å². The van der Waals surface area contributed by atoms with E-state index < -0.39 is 0 Å². The van der Waals surface area contributed by atoms with Gasteiger partial charge in [-0.1, -0.05) is 11.6 Å². The Kier molecular flexibility index (Phi) is 5.88. The maximum atomic E-state index is 11.8. The number of anilines is 1. The highest BCUT2D eigenvalue weighted by molar-refractivity contribution is 6.29. The van der Waals surface area contributed by atoms with Crippen molar-refractivity contribution in [1.29, 1.82) is 0 Å². The van der Waals surface area contributed by atoms with Crippen molar-refractivity contribution in [2.24, 2.45) is 0 Å². The second-order valence-electron chi connectivity index (χ2n) is 3.99. The number of hydrogen-bond acceptors (Lipinski definition) is 4. The molecule has 0 saturated heterocycles. The fourth-order valence-electron chi connectivity index (χ4n) is 1.32. The van der Waals surface area contributed by atoms with Gasteiger partial charge in [-0.15, -0.1) is 0 Å². The summed E-state index contributed by atoms with van der Waals surface area (Å²) in [5.74, 6) is 0.370. The van der Waals surface area contributed by atoms with Crippen molar-refractivity contribution >= 4 is 23.3 Å². The van der Waals surface area contributed by atoms with Gasteiger partial charge in [0.1, 0.15) is 11.0 Å². The zero-order valence-electron chi connectivity index (χ0n) is 10.8. The monoisotopic (exact) mass is 271 g/mol. The van der Waals surface area contributed by atoms with Crippen LogP contribution in [-0.2, 0) is 4.74 Å². The average molecular weight is 272 g/mol. The first kappa shape index (κ1) is 14.7. The first-order valence-electron chi connectivity index (χ1n) is 5.78. The van der Waals surface area contributed by atoms with E-state index >= 15 is 0 Å². The van der Waals surface area contributed by atoms with Crippen LogP contribution in [0, 0.1) is 0 Å². The molecule has 0 aromatic carbocycles. The van der Waals surface area contributed by atoms with E-state index in [9.17, 15) is 4.79 Å². The van der Waals surface area contributed by atoms with Crippen LogP contribution in [-0.4, -0.2) is 37.2 Å². The summed E-state index contributed by atoms with van der Waals surface area (Å²) >= 11 is 5.82. The van der Waals surface area contributed by atoms with Crippen LogP contribution in [0.3, 0.4) is 0 Å². The molecule has 0 saturated carbocycles. The van der Waals surface area contributed by atoms with E-state index in [0.29, 0.717) is 24.5 Å². The molecule has 100 valence electrons. The lowest BCUT2D eigenvalue weighted by Crippen LogP contribution is -2.28. The predicted molar refractivity (Wildman–Crippen MR) is 72.2 cm³/mol. The molecule has 1 amide bonds. The number of pyridine rings is 1. The summed E-state index contributed by atoms with van der Waals surface area (Å²) in [6, 6.07) is 3.17. The number of nitrogens with zero attached hydrogens (tertiary/aromatic N) is 1. The Morgan fingerprint density at radius 1 is 1.50 bits per heavy atom.